The highest BCUT2D eigenvalue weighted by molar-refractivity contribution is 5.45. The van der Waals surface area contributed by atoms with Gasteiger partial charge in [0.15, 0.2) is 0 Å². The van der Waals surface area contributed by atoms with Crippen LogP contribution in [-0.4, -0.2) is 24.1 Å². The monoisotopic (exact) mass is 289 g/mol. The van der Waals surface area contributed by atoms with Gasteiger partial charge in [0.25, 0.3) is 0 Å². The van der Waals surface area contributed by atoms with Gasteiger partial charge in [0, 0.05) is 24.8 Å². The molecule has 3 heteroatoms. The van der Waals surface area contributed by atoms with Gasteiger partial charge in [-0.1, -0.05) is 27.2 Å². The molecule has 1 N–H and O–H groups in total. The molecule has 0 bridgehead atoms. The molecule has 0 radical (unpaired) electrons. The van der Waals surface area contributed by atoms with Crippen LogP contribution in [-0.2, 0) is 13.0 Å². The highest BCUT2D eigenvalue weighted by atomic mass is 15.2. The van der Waals surface area contributed by atoms with Crippen LogP contribution in [0, 0.1) is 5.92 Å². The molecule has 1 saturated heterocycles. The highest BCUT2D eigenvalue weighted by Gasteiger charge is 2.27. The molecule has 118 valence electrons. The summed E-state index contributed by atoms with van der Waals surface area (Å²) in [5.41, 5.74) is 2.62. The maximum absolute atomic E-state index is 4.92. The van der Waals surface area contributed by atoms with Gasteiger partial charge in [0.05, 0.1) is 0 Å². The van der Waals surface area contributed by atoms with E-state index in [9.17, 15) is 0 Å². The standard InChI is InChI=1S/C18H31N3/c1-5-7-17-10-16(12-19-8-6-2)11-18(20-17)21-13-14(3)9-15(21)4/h10-11,14-15,19H,5-9,12-13H2,1-4H3. The zero-order valence-electron chi connectivity index (χ0n) is 14.2. The lowest BCUT2D eigenvalue weighted by molar-refractivity contribution is 0.625. The summed E-state index contributed by atoms with van der Waals surface area (Å²) in [5, 5.41) is 3.51. The van der Waals surface area contributed by atoms with Crippen LogP contribution in [0.3, 0.4) is 0 Å². The molecule has 3 nitrogen and oxygen atoms in total. The van der Waals surface area contributed by atoms with E-state index in [4.69, 9.17) is 4.98 Å². The number of aryl methyl sites for hydroxylation is 1. The molecule has 1 fully saturated rings. The molecule has 1 aromatic heterocycles. The quantitative estimate of drug-likeness (QED) is 0.775. The summed E-state index contributed by atoms with van der Waals surface area (Å²) < 4.78 is 0. The van der Waals surface area contributed by atoms with Gasteiger partial charge in [-0.25, -0.2) is 4.98 Å². The average molecular weight is 289 g/mol. The number of pyridine rings is 1. The molecule has 0 amide bonds. The number of hydrogen-bond acceptors (Lipinski definition) is 3. The van der Waals surface area contributed by atoms with Crippen molar-refractivity contribution in [3.05, 3.63) is 23.4 Å². The molecular weight excluding hydrogens is 258 g/mol. The maximum atomic E-state index is 4.92. The van der Waals surface area contributed by atoms with Crippen LogP contribution in [0.1, 0.15) is 58.2 Å². The van der Waals surface area contributed by atoms with Crippen molar-refractivity contribution in [2.75, 3.05) is 18.0 Å². The van der Waals surface area contributed by atoms with Crippen LogP contribution in [0.25, 0.3) is 0 Å². The zero-order chi connectivity index (χ0) is 15.2. The minimum atomic E-state index is 0.612. The predicted molar refractivity (Wildman–Crippen MR) is 90.8 cm³/mol. The SMILES string of the molecule is CCCNCc1cc(CCC)nc(N2CC(C)CC2C)c1. The average Bonchev–Trinajstić information content (AvgIpc) is 2.78. The third kappa shape index (κ3) is 4.44. The molecular formula is C18H31N3. The van der Waals surface area contributed by atoms with E-state index < -0.39 is 0 Å². The normalized spacial score (nSPS) is 22.0. The van der Waals surface area contributed by atoms with E-state index in [1.807, 2.05) is 0 Å². The van der Waals surface area contributed by atoms with Gasteiger partial charge in [-0.3, -0.25) is 0 Å². The van der Waals surface area contributed by atoms with Crippen molar-refractivity contribution in [2.24, 2.45) is 5.92 Å². The minimum Gasteiger partial charge on any atom is -0.354 e. The summed E-state index contributed by atoms with van der Waals surface area (Å²) in [6.45, 7) is 12.3. The topological polar surface area (TPSA) is 28.2 Å². The van der Waals surface area contributed by atoms with E-state index in [1.54, 1.807) is 0 Å². The van der Waals surface area contributed by atoms with Crippen molar-refractivity contribution in [1.29, 1.82) is 0 Å². The Morgan fingerprint density at radius 2 is 2.05 bits per heavy atom. The summed E-state index contributed by atoms with van der Waals surface area (Å²) in [4.78, 5) is 7.41. The molecule has 2 rings (SSSR count). The third-order valence-electron chi connectivity index (χ3n) is 4.26. The summed E-state index contributed by atoms with van der Waals surface area (Å²) in [6.07, 6.45) is 4.69. The fraction of sp³-hybridized carbons (Fsp3) is 0.722. The van der Waals surface area contributed by atoms with Crippen molar-refractivity contribution in [1.82, 2.24) is 10.3 Å². The van der Waals surface area contributed by atoms with Gasteiger partial charge in [0.1, 0.15) is 5.82 Å². The van der Waals surface area contributed by atoms with Crippen molar-refractivity contribution < 1.29 is 0 Å². The largest absolute Gasteiger partial charge is 0.354 e. The Morgan fingerprint density at radius 1 is 1.24 bits per heavy atom. The van der Waals surface area contributed by atoms with Gasteiger partial charge >= 0.3 is 0 Å². The minimum absolute atomic E-state index is 0.612. The van der Waals surface area contributed by atoms with E-state index in [0.29, 0.717) is 6.04 Å². The molecule has 0 spiro atoms. The van der Waals surface area contributed by atoms with E-state index in [1.165, 1.54) is 29.9 Å². The summed E-state index contributed by atoms with van der Waals surface area (Å²) in [7, 11) is 0. The van der Waals surface area contributed by atoms with Crippen molar-refractivity contribution in [2.45, 2.75) is 66.0 Å². The lowest BCUT2D eigenvalue weighted by atomic mass is 10.1. The van der Waals surface area contributed by atoms with Crippen LogP contribution in [0.4, 0.5) is 5.82 Å². The van der Waals surface area contributed by atoms with Crippen molar-refractivity contribution in [3.8, 4) is 0 Å². The lowest BCUT2D eigenvalue weighted by Gasteiger charge is -2.24. The first kappa shape index (κ1) is 16.3. The Morgan fingerprint density at radius 3 is 2.67 bits per heavy atom. The van der Waals surface area contributed by atoms with Gasteiger partial charge < -0.3 is 10.2 Å². The number of aromatic nitrogens is 1. The van der Waals surface area contributed by atoms with Crippen molar-refractivity contribution >= 4 is 5.82 Å². The molecule has 0 aliphatic carbocycles. The summed E-state index contributed by atoms with van der Waals surface area (Å²) >= 11 is 0. The first-order valence-corrected chi connectivity index (χ1v) is 8.61. The van der Waals surface area contributed by atoms with Gasteiger partial charge in [-0.05, 0) is 56.3 Å². The molecule has 21 heavy (non-hydrogen) atoms. The Kier molecular flexibility index (Phi) is 6.04. The second-order valence-corrected chi connectivity index (χ2v) is 6.59. The number of rotatable bonds is 7. The number of anilines is 1. The molecule has 0 aromatic carbocycles. The second-order valence-electron chi connectivity index (χ2n) is 6.59. The molecule has 2 heterocycles. The third-order valence-corrected chi connectivity index (χ3v) is 4.26. The van der Waals surface area contributed by atoms with Crippen molar-refractivity contribution in [3.63, 3.8) is 0 Å². The molecule has 1 aromatic rings. The fourth-order valence-electron chi connectivity index (χ4n) is 3.30. The summed E-state index contributed by atoms with van der Waals surface area (Å²) in [6, 6.07) is 5.18. The molecule has 0 saturated carbocycles. The Bertz CT molecular complexity index is 444. The van der Waals surface area contributed by atoms with Gasteiger partial charge in [0.2, 0.25) is 0 Å². The Labute approximate surface area is 130 Å². The Balaban J connectivity index is 2.18. The number of nitrogens with one attached hydrogen (secondary N) is 1. The molecule has 1 aliphatic rings. The zero-order valence-corrected chi connectivity index (χ0v) is 14.2. The highest BCUT2D eigenvalue weighted by Crippen LogP contribution is 2.28. The van der Waals surface area contributed by atoms with Crippen LogP contribution >= 0.6 is 0 Å². The van der Waals surface area contributed by atoms with Gasteiger partial charge in [-0.2, -0.15) is 0 Å². The lowest BCUT2D eigenvalue weighted by Crippen LogP contribution is -2.28. The predicted octanol–water partition coefficient (Wildman–Crippen LogP) is 3.77. The first-order chi connectivity index (χ1) is 10.1. The molecule has 2 unspecified atom stereocenters. The fourth-order valence-corrected chi connectivity index (χ4v) is 3.30. The van der Waals surface area contributed by atoms with Gasteiger partial charge in [-0.15, -0.1) is 0 Å². The summed E-state index contributed by atoms with van der Waals surface area (Å²) in [5.74, 6) is 1.96. The first-order valence-electron chi connectivity index (χ1n) is 8.61. The molecule has 2 atom stereocenters. The smallest absolute Gasteiger partial charge is 0.129 e. The van der Waals surface area contributed by atoms with Crippen LogP contribution in [0.5, 0.6) is 0 Å². The van der Waals surface area contributed by atoms with Crippen LogP contribution in [0.2, 0.25) is 0 Å². The van der Waals surface area contributed by atoms with E-state index in [-0.39, 0.29) is 0 Å². The second kappa shape index (κ2) is 7.79. The number of hydrogen-bond donors (Lipinski definition) is 1. The Hall–Kier alpha value is -1.09. The van der Waals surface area contributed by atoms with E-state index >= 15 is 0 Å². The van der Waals surface area contributed by atoms with E-state index in [2.05, 4.69) is 50.0 Å². The molecule has 1 aliphatic heterocycles. The van der Waals surface area contributed by atoms with Crippen LogP contribution in [0.15, 0.2) is 12.1 Å². The number of nitrogens with zero attached hydrogens (tertiary/aromatic N) is 2. The van der Waals surface area contributed by atoms with E-state index in [0.717, 1.165) is 38.4 Å². The maximum Gasteiger partial charge on any atom is 0.129 e. The van der Waals surface area contributed by atoms with Crippen LogP contribution < -0.4 is 10.2 Å².